The number of aliphatic hydroxyl groups excluding tert-OH is 1. The van der Waals surface area contributed by atoms with E-state index in [2.05, 4.69) is 4.90 Å². The number of β-amino-alcohol motifs (C(OH)–C–C–N with tert-alkyl or cyclic N) is 1. The first-order valence-corrected chi connectivity index (χ1v) is 8.35. The van der Waals surface area contributed by atoms with Gasteiger partial charge < -0.3 is 14.6 Å². The Morgan fingerprint density at radius 1 is 1.48 bits per heavy atom. The van der Waals surface area contributed by atoms with Gasteiger partial charge in [0.1, 0.15) is 18.5 Å². The third-order valence-electron chi connectivity index (χ3n) is 4.03. The number of carbonyl (C=O) groups excluding carboxylic acids is 1. The van der Waals surface area contributed by atoms with Crippen molar-refractivity contribution < 1.29 is 19.4 Å². The van der Waals surface area contributed by atoms with E-state index in [1.165, 1.54) is 0 Å². The summed E-state index contributed by atoms with van der Waals surface area (Å²) in [5.74, 6) is 0.573. The van der Waals surface area contributed by atoms with Crippen LogP contribution in [0.3, 0.4) is 0 Å². The van der Waals surface area contributed by atoms with Crippen molar-refractivity contribution in [2.45, 2.75) is 32.8 Å². The van der Waals surface area contributed by atoms with Crippen LogP contribution in [0.1, 0.15) is 25.3 Å². The number of likely N-dealkylation sites (tertiary alicyclic amines) is 1. The third kappa shape index (κ3) is 5.84. The smallest absolute Gasteiger partial charge is 0.310 e. The lowest BCUT2D eigenvalue weighted by Crippen LogP contribution is -2.44. The molecule has 1 aliphatic heterocycles. The summed E-state index contributed by atoms with van der Waals surface area (Å²) >= 11 is 0. The van der Waals surface area contributed by atoms with Crippen molar-refractivity contribution in [1.82, 2.24) is 4.90 Å². The molecule has 0 saturated carbocycles. The first-order valence-electron chi connectivity index (χ1n) is 8.35. The first kappa shape index (κ1) is 17.8. The van der Waals surface area contributed by atoms with Gasteiger partial charge in [-0.05, 0) is 50.9 Å². The van der Waals surface area contributed by atoms with Crippen LogP contribution in [0.5, 0.6) is 5.75 Å². The lowest BCUT2D eigenvalue weighted by Gasteiger charge is -2.32. The standard InChI is InChI=1S/C18H27NO4/c1-3-22-18(21)15-7-5-9-19(11-15)12-16(20)13-23-17-8-4-6-14(2)10-17/h4,6,8,10,15-16,20H,3,5,7,9,11-13H2,1-2H3/t15-,16-/m1/s1. The molecule has 1 aliphatic rings. The van der Waals surface area contributed by atoms with Gasteiger partial charge in [-0.25, -0.2) is 0 Å². The zero-order valence-electron chi connectivity index (χ0n) is 14.0. The minimum atomic E-state index is -0.573. The van der Waals surface area contributed by atoms with Gasteiger partial charge in [-0.1, -0.05) is 12.1 Å². The molecule has 0 aromatic heterocycles. The zero-order chi connectivity index (χ0) is 16.7. The van der Waals surface area contributed by atoms with Crippen LogP contribution in [0, 0.1) is 12.8 Å². The molecule has 2 rings (SSSR count). The van der Waals surface area contributed by atoms with Crippen molar-refractivity contribution >= 4 is 5.97 Å². The summed E-state index contributed by atoms with van der Waals surface area (Å²) in [5.41, 5.74) is 1.13. The number of hydrogen-bond donors (Lipinski definition) is 1. The van der Waals surface area contributed by atoms with Gasteiger partial charge in [0.25, 0.3) is 0 Å². The maximum Gasteiger partial charge on any atom is 0.310 e. The first-order chi connectivity index (χ1) is 11.1. The molecule has 128 valence electrons. The number of aliphatic hydroxyl groups is 1. The highest BCUT2D eigenvalue weighted by molar-refractivity contribution is 5.72. The molecule has 1 aromatic rings. The maximum absolute atomic E-state index is 11.8. The molecular formula is C18H27NO4. The summed E-state index contributed by atoms with van der Waals surface area (Å²) < 4.78 is 10.7. The summed E-state index contributed by atoms with van der Waals surface area (Å²) in [4.78, 5) is 14.0. The Kier molecular flexibility index (Phi) is 6.86. The predicted molar refractivity (Wildman–Crippen MR) is 88.5 cm³/mol. The van der Waals surface area contributed by atoms with Gasteiger partial charge in [-0.15, -0.1) is 0 Å². The second kappa shape index (κ2) is 8.89. The van der Waals surface area contributed by atoms with Crippen LogP contribution in [0.25, 0.3) is 0 Å². The van der Waals surface area contributed by atoms with E-state index in [1.807, 2.05) is 38.1 Å². The number of carbonyl (C=O) groups is 1. The Morgan fingerprint density at radius 2 is 2.30 bits per heavy atom. The molecule has 0 radical (unpaired) electrons. The number of esters is 1. The molecule has 1 aromatic carbocycles. The SMILES string of the molecule is CCOC(=O)[C@@H]1CCCN(C[C@@H](O)COc2cccc(C)c2)C1. The van der Waals surface area contributed by atoms with Crippen LogP contribution >= 0.6 is 0 Å². The van der Waals surface area contributed by atoms with E-state index >= 15 is 0 Å². The average molecular weight is 321 g/mol. The summed E-state index contributed by atoms with van der Waals surface area (Å²) in [6, 6.07) is 7.78. The fraction of sp³-hybridized carbons (Fsp3) is 0.611. The fourth-order valence-corrected chi connectivity index (χ4v) is 2.92. The molecular weight excluding hydrogens is 294 g/mol. The van der Waals surface area contributed by atoms with Crippen molar-refractivity contribution in [3.63, 3.8) is 0 Å². The minimum Gasteiger partial charge on any atom is -0.491 e. The average Bonchev–Trinajstić information content (AvgIpc) is 2.53. The fourth-order valence-electron chi connectivity index (χ4n) is 2.92. The second-order valence-electron chi connectivity index (χ2n) is 6.13. The number of piperidine rings is 1. The molecule has 0 aliphatic carbocycles. The van der Waals surface area contributed by atoms with E-state index in [0.29, 0.717) is 19.7 Å². The molecule has 0 unspecified atom stereocenters. The van der Waals surface area contributed by atoms with Crippen LogP contribution in [0.15, 0.2) is 24.3 Å². The monoisotopic (exact) mass is 321 g/mol. The van der Waals surface area contributed by atoms with Gasteiger partial charge in [0.15, 0.2) is 0 Å². The highest BCUT2D eigenvalue weighted by atomic mass is 16.5. The summed E-state index contributed by atoms with van der Waals surface area (Å²) in [7, 11) is 0. The van der Waals surface area contributed by atoms with E-state index in [0.717, 1.165) is 30.7 Å². The number of ether oxygens (including phenoxy) is 2. The molecule has 0 spiro atoms. The molecule has 5 heteroatoms. The predicted octanol–water partition coefficient (Wildman–Crippen LogP) is 2.01. The van der Waals surface area contributed by atoms with E-state index < -0.39 is 6.10 Å². The largest absolute Gasteiger partial charge is 0.491 e. The van der Waals surface area contributed by atoms with Crippen molar-refractivity contribution in [2.75, 3.05) is 32.8 Å². The zero-order valence-corrected chi connectivity index (χ0v) is 14.0. The van der Waals surface area contributed by atoms with Crippen LogP contribution in [-0.4, -0.2) is 54.9 Å². The van der Waals surface area contributed by atoms with Crippen molar-refractivity contribution in [3.8, 4) is 5.75 Å². The molecule has 0 bridgehead atoms. The lowest BCUT2D eigenvalue weighted by molar-refractivity contribution is -0.150. The number of rotatable bonds is 7. The minimum absolute atomic E-state index is 0.0754. The van der Waals surface area contributed by atoms with Crippen molar-refractivity contribution in [1.29, 1.82) is 0 Å². The maximum atomic E-state index is 11.8. The van der Waals surface area contributed by atoms with Gasteiger partial charge in [0.05, 0.1) is 12.5 Å². The molecule has 23 heavy (non-hydrogen) atoms. The Bertz CT molecular complexity index is 506. The Balaban J connectivity index is 1.76. The molecule has 1 heterocycles. The molecule has 0 amide bonds. The van der Waals surface area contributed by atoms with Crippen LogP contribution in [0.2, 0.25) is 0 Å². The Morgan fingerprint density at radius 3 is 3.04 bits per heavy atom. The quantitative estimate of drug-likeness (QED) is 0.779. The van der Waals surface area contributed by atoms with Gasteiger partial charge >= 0.3 is 5.97 Å². The third-order valence-corrected chi connectivity index (χ3v) is 4.03. The van der Waals surface area contributed by atoms with Crippen LogP contribution in [-0.2, 0) is 9.53 Å². The molecule has 1 saturated heterocycles. The van der Waals surface area contributed by atoms with Crippen molar-refractivity contribution in [3.05, 3.63) is 29.8 Å². The second-order valence-corrected chi connectivity index (χ2v) is 6.13. The normalized spacial score (nSPS) is 20.0. The number of hydrogen-bond acceptors (Lipinski definition) is 5. The lowest BCUT2D eigenvalue weighted by atomic mass is 9.98. The number of benzene rings is 1. The van der Waals surface area contributed by atoms with Crippen molar-refractivity contribution in [2.24, 2.45) is 5.92 Å². The van der Waals surface area contributed by atoms with Gasteiger partial charge in [-0.3, -0.25) is 9.69 Å². The number of nitrogens with zero attached hydrogens (tertiary/aromatic N) is 1. The number of aryl methyl sites for hydroxylation is 1. The van der Waals surface area contributed by atoms with E-state index in [-0.39, 0.29) is 18.5 Å². The van der Waals surface area contributed by atoms with Gasteiger partial charge in [0.2, 0.25) is 0 Å². The Hall–Kier alpha value is -1.59. The topological polar surface area (TPSA) is 59.0 Å². The van der Waals surface area contributed by atoms with E-state index in [4.69, 9.17) is 9.47 Å². The summed E-state index contributed by atoms with van der Waals surface area (Å²) in [6.07, 6.45) is 1.25. The van der Waals surface area contributed by atoms with Gasteiger partial charge in [0, 0.05) is 13.1 Å². The summed E-state index contributed by atoms with van der Waals surface area (Å²) in [5, 5.41) is 10.2. The van der Waals surface area contributed by atoms with E-state index in [9.17, 15) is 9.90 Å². The highest BCUT2D eigenvalue weighted by Crippen LogP contribution is 2.18. The van der Waals surface area contributed by atoms with E-state index in [1.54, 1.807) is 0 Å². The molecule has 5 nitrogen and oxygen atoms in total. The molecule has 1 fully saturated rings. The van der Waals surface area contributed by atoms with Crippen LogP contribution < -0.4 is 4.74 Å². The van der Waals surface area contributed by atoms with Gasteiger partial charge in [-0.2, -0.15) is 0 Å². The summed E-state index contributed by atoms with van der Waals surface area (Å²) in [6.45, 7) is 6.57. The highest BCUT2D eigenvalue weighted by Gasteiger charge is 2.27. The molecule has 1 N–H and O–H groups in total. The Labute approximate surface area is 138 Å². The molecule has 2 atom stereocenters. The van der Waals surface area contributed by atoms with Crippen LogP contribution in [0.4, 0.5) is 0 Å².